The first kappa shape index (κ1) is 8.03. The molecule has 0 aliphatic carbocycles. The van der Waals surface area contributed by atoms with Gasteiger partial charge in [-0.2, -0.15) is 0 Å². The van der Waals surface area contributed by atoms with E-state index >= 15 is 0 Å². The highest BCUT2D eigenvalue weighted by molar-refractivity contribution is 5.97. The van der Waals surface area contributed by atoms with Gasteiger partial charge in [-0.1, -0.05) is 0 Å². The van der Waals surface area contributed by atoms with Gasteiger partial charge in [0.25, 0.3) is 0 Å². The molecular weight excluding hydrogens is 152 g/mol. The van der Waals surface area contributed by atoms with Gasteiger partial charge in [0.2, 0.25) is 5.78 Å². The Hall–Kier alpha value is -1.07. The van der Waals surface area contributed by atoms with Crippen molar-refractivity contribution in [3.05, 3.63) is 11.5 Å². The highest BCUT2D eigenvalue weighted by Gasteiger charge is 2.30. The first-order chi connectivity index (χ1) is 5.16. The molecule has 0 amide bonds. The van der Waals surface area contributed by atoms with Crippen molar-refractivity contribution in [2.24, 2.45) is 0 Å². The van der Waals surface area contributed by atoms with Gasteiger partial charge in [0.1, 0.15) is 12.4 Å². The number of hydrogen-bond acceptors (Lipinski definition) is 5. The molecule has 1 aliphatic heterocycles. The SMILES string of the molecule is CC1=C(O)C(=O)C(OO)CO1. The molecule has 0 aromatic carbocycles. The Bertz CT molecular complexity index is 207. The second kappa shape index (κ2) is 2.89. The topological polar surface area (TPSA) is 76.0 Å². The van der Waals surface area contributed by atoms with Crippen LogP contribution in [-0.2, 0) is 14.4 Å². The van der Waals surface area contributed by atoms with Gasteiger partial charge >= 0.3 is 0 Å². The number of aliphatic hydroxyl groups excluding tert-OH is 1. The number of ketones is 1. The number of aliphatic hydroxyl groups is 1. The van der Waals surface area contributed by atoms with Crippen LogP contribution in [0.4, 0.5) is 0 Å². The molecule has 0 spiro atoms. The Morgan fingerprint density at radius 2 is 2.36 bits per heavy atom. The summed E-state index contributed by atoms with van der Waals surface area (Å²) >= 11 is 0. The van der Waals surface area contributed by atoms with Gasteiger partial charge < -0.3 is 9.84 Å². The molecule has 0 aromatic heterocycles. The second-order valence-electron chi connectivity index (χ2n) is 2.17. The van der Waals surface area contributed by atoms with E-state index < -0.39 is 17.6 Å². The number of allylic oxidation sites excluding steroid dienone is 1. The van der Waals surface area contributed by atoms with Crippen LogP contribution in [0.2, 0.25) is 0 Å². The largest absolute Gasteiger partial charge is 0.502 e. The summed E-state index contributed by atoms with van der Waals surface area (Å²) in [5, 5.41) is 17.1. The van der Waals surface area contributed by atoms with Crippen molar-refractivity contribution in [1.82, 2.24) is 0 Å². The van der Waals surface area contributed by atoms with Crippen LogP contribution in [0.5, 0.6) is 0 Å². The molecule has 0 saturated heterocycles. The Balaban J connectivity index is 2.81. The van der Waals surface area contributed by atoms with Crippen molar-refractivity contribution in [3.8, 4) is 0 Å². The molecular formula is C6H8O5. The Morgan fingerprint density at radius 1 is 1.73 bits per heavy atom. The third-order valence-corrected chi connectivity index (χ3v) is 1.44. The van der Waals surface area contributed by atoms with Gasteiger partial charge in [0.15, 0.2) is 11.9 Å². The predicted octanol–water partition coefficient (Wildman–Crippen LogP) is 0.233. The van der Waals surface area contributed by atoms with E-state index in [1.54, 1.807) is 0 Å². The molecule has 11 heavy (non-hydrogen) atoms. The molecule has 2 N–H and O–H groups in total. The minimum absolute atomic E-state index is 0.0643. The maximum atomic E-state index is 10.9. The van der Waals surface area contributed by atoms with Gasteiger partial charge in [-0.25, -0.2) is 4.89 Å². The lowest BCUT2D eigenvalue weighted by Gasteiger charge is -2.19. The van der Waals surface area contributed by atoms with Crippen molar-refractivity contribution in [2.75, 3.05) is 6.61 Å². The molecule has 0 fully saturated rings. The van der Waals surface area contributed by atoms with E-state index in [1.807, 2.05) is 0 Å². The smallest absolute Gasteiger partial charge is 0.236 e. The monoisotopic (exact) mass is 160 g/mol. The molecule has 5 nitrogen and oxygen atoms in total. The second-order valence-corrected chi connectivity index (χ2v) is 2.17. The van der Waals surface area contributed by atoms with E-state index in [0.29, 0.717) is 0 Å². The number of hydrogen-bond donors (Lipinski definition) is 2. The summed E-state index contributed by atoms with van der Waals surface area (Å²) in [7, 11) is 0. The average Bonchev–Trinajstić information content (AvgIpc) is 2.01. The van der Waals surface area contributed by atoms with Gasteiger partial charge in [-0.15, -0.1) is 0 Å². The molecule has 62 valence electrons. The van der Waals surface area contributed by atoms with Crippen LogP contribution in [0.1, 0.15) is 6.92 Å². The van der Waals surface area contributed by atoms with Crippen LogP contribution >= 0.6 is 0 Å². The third-order valence-electron chi connectivity index (χ3n) is 1.44. The number of carbonyl (C=O) groups excluding carboxylic acids is 1. The van der Waals surface area contributed by atoms with Crippen molar-refractivity contribution in [2.45, 2.75) is 13.0 Å². The number of Topliss-reactive ketones (excluding diaryl/α,β-unsaturated/α-hetero) is 1. The van der Waals surface area contributed by atoms with Crippen molar-refractivity contribution in [3.63, 3.8) is 0 Å². The first-order valence-electron chi connectivity index (χ1n) is 3.04. The fraction of sp³-hybridized carbons (Fsp3) is 0.500. The summed E-state index contributed by atoms with van der Waals surface area (Å²) in [6, 6.07) is 0. The van der Waals surface area contributed by atoms with Crippen LogP contribution < -0.4 is 0 Å². The first-order valence-corrected chi connectivity index (χ1v) is 3.04. The normalized spacial score (nSPS) is 25.3. The summed E-state index contributed by atoms with van der Waals surface area (Å²) in [6.45, 7) is 1.39. The quantitative estimate of drug-likeness (QED) is 0.424. The van der Waals surface area contributed by atoms with Gasteiger partial charge in [-0.05, 0) is 6.92 Å². The van der Waals surface area contributed by atoms with E-state index in [4.69, 9.17) is 15.1 Å². The van der Waals surface area contributed by atoms with Gasteiger partial charge in [-0.3, -0.25) is 10.1 Å². The Morgan fingerprint density at radius 3 is 2.91 bits per heavy atom. The molecule has 1 aliphatic rings. The van der Waals surface area contributed by atoms with Gasteiger partial charge in [0.05, 0.1) is 0 Å². The summed E-state index contributed by atoms with van der Waals surface area (Å²) in [5.74, 6) is -0.991. The molecule has 0 radical (unpaired) electrons. The lowest BCUT2D eigenvalue weighted by Crippen LogP contribution is -2.34. The zero-order chi connectivity index (χ0) is 8.43. The Labute approximate surface area is 62.8 Å². The standard InChI is InChI=1S/C6H8O5/c1-3-5(7)6(8)4(11-9)2-10-3/h4,7,9H,2H2,1H3. The lowest BCUT2D eigenvalue weighted by molar-refractivity contribution is -0.278. The summed E-state index contributed by atoms with van der Waals surface area (Å²) in [4.78, 5) is 14.6. The maximum absolute atomic E-state index is 10.9. The van der Waals surface area contributed by atoms with Crippen LogP contribution in [-0.4, -0.2) is 28.9 Å². The lowest BCUT2D eigenvalue weighted by atomic mass is 10.1. The van der Waals surface area contributed by atoms with Crippen molar-refractivity contribution < 1.29 is 24.8 Å². The molecule has 1 unspecified atom stereocenters. The maximum Gasteiger partial charge on any atom is 0.236 e. The van der Waals surface area contributed by atoms with E-state index in [1.165, 1.54) is 6.92 Å². The van der Waals surface area contributed by atoms with Crippen LogP contribution in [0.25, 0.3) is 0 Å². The highest BCUT2D eigenvalue weighted by atomic mass is 17.1. The molecule has 0 aromatic rings. The summed E-state index contributed by atoms with van der Waals surface area (Å²) < 4.78 is 4.79. The summed E-state index contributed by atoms with van der Waals surface area (Å²) in [5.41, 5.74) is 0. The van der Waals surface area contributed by atoms with Crippen molar-refractivity contribution >= 4 is 5.78 Å². The zero-order valence-corrected chi connectivity index (χ0v) is 5.90. The molecule has 1 atom stereocenters. The number of carbonyl (C=O) groups is 1. The third kappa shape index (κ3) is 1.33. The van der Waals surface area contributed by atoms with Crippen molar-refractivity contribution in [1.29, 1.82) is 0 Å². The zero-order valence-electron chi connectivity index (χ0n) is 5.90. The van der Waals surface area contributed by atoms with E-state index in [-0.39, 0.29) is 12.4 Å². The molecule has 1 rings (SSSR count). The number of rotatable bonds is 1. The number of ether oxygens (including phenoxy) is 1. The predicted molar refractivity (Wildman–Crippen MR) is 33.8 cm³/mol. The molecule has 0 saturated carbocycles. The van der Waals surface area contributed by atoms with E-state index in [2.05, 4.69) is 4.89 Å². The summed E-state index contributed by atoms with van der Waals surface area (Å²) in [6.07, 6.45) is -1.10. The average molecular weight is 160 g/mol. The Kier molecular flexibility index (Phi) is 2.11. The van der Waals surface area contributed by atoms with Crippen LogP contribution in [0, 0.1) is 0 Å². The van der Waals surface area contributed by atoms with Crippen LogP contribution in [0.3, 0.4) is 0 Å². The molecule has 0 bridgehead atoms. The highest BCUT2D eigenvalue weighted by Crippen LogP contribution is 2.14. The fourth-order valence-corrected chi connectivity index (χ4v) is 0.749. The molecule has 5 heteroatoms. The van der Waals surface area contributed by atoms with E-state index in [0.717, 1.165) is 0 Å². The minimum Gasteiger partial charge on any atom is -0.502 e. The van der Waals surface area contributed by atoms with Gasteiger partial charge in [0, 0.05) is 0 Å². The fourth-order valence-electron chi connectivity index (χ4n) is 0.749. The van der Waals surface area contributed by atoms with Crippen LogP contribution in [0.15, 0.2) is 11.5 Å². The minimum atomic E-state index is -1.10. The van der Waals surface area contributed by atoms with E-state index in [9.17, 15) is 4.79 Å². The molecule has 1 heterocycles.